The Balaban J connectivity index is 2.02. The average molecular weight is 360 g/mol. The summed E-state index contributed by atoms with van der Waals surface area (Å²) in [5.41, 5.74) is 1.85. The lowest BCUT2D eigenvalue weighted by Gasteiger charge is -2.08. The van der Waals surface area contributed by atoms with Gasteiger partial charge in [-0.3, -0.25) is 10.1 Å². The molecule has 0 unspecified atom stereocenters. The van der Waals surface area contributed by atoms with Crippen LogP contribution in [0.1, 0.15) is 24.2 Å². The van der Waals surface area contributed by atoms with Crippen LogP contribution in [-0.2, 0) is 4.74 Å². The number of nitrogens with zero attached hydrogens (tertiary/aromatic N) is 2. The Morgan fingerprint density at radius 3 is 2.76 bits per heavy atom. The molecule has 3 aromatic rings. The zero-order valence-electron chi connectivity index (χ0n) is 13.4. The van der Waals surface area contributed by atoms with Crippen LogP contribution >= 0.6 is 11.6 Å². The fraction of sp³-hybridized carbons (Fsp3) is 0.176. The van der Waals surface area contributed by atoms with Gasteiger partial charge in [0.2, 0.25) is 0 Å². The number of carbonyl (C=O) groups is 1. The number of carbonyl (C=O) groups excluding carboxylic acids is 1. The number of aromatic amines is 1. The third-order valence-electron chi connectivity index (χ3n) is 3.46. The van der Waals surface area contributed by atoms with Crippen molar-refractivity contribution in [1.82, 2.24) is 9.97 Å². The maximum absolute atomic E-state index is 12.0. The van der Waals surface area contributed by atoms with Crippen LogP contribution in [0, 0.1) is 10.1 Å². The van der Waals surface area contributed by atoms with E-state index in [2.05, 4.69) is 9.97 Å². The van der Waals surface area contributed by atoms with Gasteiger partial charge in [-0.1, -0.05) is 23.7 Å². The lowest BCUT2D eigenvalue weighted by molar-refractivity contribution is -0.384. The molecule has 7 nitrogen and oxygen atoms in total. The van der Waals surface area contributed by atoms with E-state index in [1.165, 1.54) is 12.1 Å². The van der Waals surface area contributed by atoms with Gasteiger partial charge < -0.3 is 9.72 Å². The number of nitro benzene ring substituents is 1. The molecule has 0 radical (unpaired) electrons. The van der Waals surface area contributed by atoms with Crippen LogP contribution in [0.5, 0.6) is 0 Å². The Morgan fingerprint density at radius 1 is 1.32 bits per heavy atom. The van der Waals surface area contributed by atoms with Gasteiger partial charge in [-0.2, -0.15) is 0 Å². The molecule has 3 rings (SSSR count). The Kier molecular flexibility index (Phi) is 4.41. The predicted octanol–water partition coefficient (Wildman–Crippen LogP) is 4.36. The largest absolute Gasteiger partial charge is 0.459 e. The van der Waals surface area contributed by atoms with Crippen molar-refractivity contribution < 1.29 is 14.5 Å². The van der Waals surface area contributed by atoms with Crippen LogP contribution < -0.4 is 0 Å². The van der Waals surface area contributed by atoms with E-state index in [0.717, 1.165) is 0 Å². The highest BCUT2D eigenvalue weighted by Crippen LogP contribution is 2.30. The maximum Gasteiger partial charge on any atom is 0.338 e. The van der Waals surface area contributed by atoms with Gasteiger partial charge in [0.25, 0.3) is 5.69 Å². The number of H-pyrrole nitrogens is 1. The molecule has 0 atom stereocenters. The monoisotopic (exact) mass is 359 g/mol. The number of fused-ring (bicyclic) bond motifs is 1. The molecule has 1 N–H and O–H groups in total. The Bertz CT molecular complexity index is 981. The third-order valence-corrected chi connectivity index (χ3v) is 3.76. The molecular formula is C17H14ClN3O4. The summed E-state index contributed by atoms with van der Waals surface area (Å²) in [7, 11) is 0. The van der Waals surface area contributed by atoms with Gasteiger partial charge in [-0.25, -0.2) is 9.78 Å². The first-order valence-electron chi connectivity index (χ1n) is 7.50. The number of nitro groups is 1. The van der Waals surface area contributed by atoms with Crippen molar-refractivity contribution >= 4 is 34.3 Å². The Labute approximate surface area is 147 Å². The lowest BCUT2D eigenvalue weighted by Crippen LogP contribution is -2.11. The van der Waals surface area contributed by atoms with Crippen molar-refractivity contribution in [3.63, 3.8) is 0 Å². The summed E-state index contributed by atoms with van der Waals surface area (Å²) in [6.07, 6.45) is -0.218. The van der Waals surface area contributed by atoms with Crippen LogP contribution in [-0.4, -0.2) is 27.0 Å². The van der Waals surface area contributed by atoms with E-state index in [1.54, 1.807) is 38.1 Å². The summed E-state index contributed by atoms with van der Waals surface area (Å²) in [5, 5.41) is 11.0. The van der Waals surface area contributed by atoms with E-state index in [1.807, 2.05) is 0 Å². The number of nitrogens with one attached hydrogen (secondary N) is 1. The van der Waals surface area contributed by atoms with Crippen LogP contribution in [0.2, 0.25) is 5.02 Å². The van der Waals surface area contributed by atoms with E-state index in [0.29, 0.717) is 28.0 Å². The van der Waals surface area contributed by atoms with Gasteiger partial charge in [0, 0.05) is 11.6 Å². The van der Waals surface area contributed by atoms with E-state index < -0.39 is 10.9 Å². The highest BCUT2D eigenvalue weighted by Gasteiger charge is 2.17. The summed E-state index contributed by atoms with van der Waals surface area (Å²) in [5.74, 6) is 0.0532. The molecule has 0 aliphatic rings. The van der Waals surface area contributed by atoms with Crippen molar-refractivity contribution in [2.24, 2.45) is 0 Å². The normalized spacial score (nSPS) is 11.0. The topological polar surface area (TPSA) is 98.1 Å². The van der Waals surface area contributed by atoms with Crippen molar-refractivity contribution in [3.05, 3.63) is 57.1 Å². The quantitative estimate of drug-likeness (QED) is 0.424. The van der Waals surface area contributed by atoms with Crippen molar-refractivity contribution in [3.8, 4) is 11.4 Å². The number of esters is 1. The molecule has 25 heavy (non-hydrogen) atoms. The Morgan fingerprint density at radius 2 is 2.08 bits per heavy atom. The fourth-order valence-electron chi connectivity index (χ4n) is 2.37. The second-order valence-corrected chi connectivity index (χ2v) is 6.11. The summed E-state index contributed by atoms with van der Waals surface area (Å²) in [6.45, 7) is 3.55. The molecular weight excluding hydrogens is 346 g/mol. The van der Waals surface area contributed by atoms with Gasteiger partial charge in [0.1, 0.15) is 10.8 Å². The summed E-state index contributed by atoms with van der Waals surface area (Å²) >= 11 is 5.91. The smallest absolute Gasteiger partial charge is 0.338 e. The molecule has 0 saturated heterocycles. The predicted molar refractivity (Wildman–Crippen MR) is 93.7 cm³/mol. The first-order valence-corrected chi connectivity index (χ1v) is 7.88. The molecule has 0 amide bonds. The number of hydrogen-bond donors (Lipinski definition) is 1. The minimum atomic E-state index is -0.551. The number of aromatic nitrogens is 2. The molecule has 0 fully saturated rings. The Hall–Kier alpha value is -2.93. The van der Waals surface area contributed by atoms with Crippen LogP contribution in [0.25, 0.3) is 22.4 Å². The van der Waals surface area contributed by atoms with Crippen LogP contribution in [0.4, 0.5) is 5.69 Å². The first-order chi connectivity index (χ1) is 11.8. The van der Waals surface area contributed by atoms with Gasteiger partial charge in [-0.15, -0.1) is 0 Å². The van der Waals surface area contributed by atoms with Crippen LogP contribution in [0.15, 0.2) is 36.4 Å². The molecule has 8 heteroatoms. The van der Waals surface area contributed by atoms with Gasteiger partial charge in [-0.05, 0) is 32.0 Å². The standard InChI is InChI=1S/C17H14ClN3O4/c1-9(2)25-17(22)11-5-3-4-10(6-11)16-19-13-7-12(18)15(21(23)24)8-14(13)20-16/h3-9H,1-2H3,(H,19,20). The maximum atomic E-state index is 12.0. The number of halogens is 1. The molecule has 0 bridgehead atoms. The molecule has 1 aromatic heterocycles. The van der Waals surface area contributed by atoms with Gasteiger partial charge in [0.05, 0.1) is 27.6 Å². The zero-order valence-corrected chi connectivity index (χ0v) is 14.2. The highest BCUT2D eigenvalue weighted by atomic mass is 35.5. The second kappa shape index (κ2) is 6.52. The van der Waals surface area contributed by atoms with E-state index in [-0.39, 0.29) is 16.8 Å². The molecule has 128 valence electrons. The number of benzene rings is 2. The first kappa shape index (κ1) is 16.9. The SMILES string of the molecule is CC(C)OC(=O)c1cccc(-c2nc3cc(Cl)c([N+](=O)[O-])cc3[nH]2)c1. The zero-order chi connectivity index (χ0) is 18.1. The number of ether oxygens (including phenoxy) is 1. The minimum Gasteiger partial charge on any atom is -0.459 e. The van der Waals surface area contributed by atoms with Crippen molar-refractivity contribution in [1.29, 1.82) is 0 Å². The summed E-state index contributed by atoms with van der Waals surface area (Å²) < 4.78 is 5.18. The molecule has 0 aliphatic carbocycles. The van der Waals surface area contributed by atoms with Crippen molar-refractivity contribution in [2.45, 2.75) is 20.0 Å². The number of imidazole rings is 1. The molecule has 0 saturated carbocycles. The minimum absolute atomic E-state index is 0.0183. The summed E-state index contributed by atoms with van der Waals surface area (Å²) in [4.78, 5) is 29.9. The molecule has 1 heterocycles. The molecule has 0 aliphatic heterocycles. The number of rotatable bonds is 4. The third kappa shape index (κ3) is 3.46. The molecule has 0 spiro atoms. The highest BCUT2D eigenvalue weighted by molar-refractivity contribution is 6.33. The lowest BCUT2D eigenvalue weighted by atomic mass is 10.1. The van der Waals surface area contributed by atoms with E-state index >= 15 is 0 Å². The van der Waals surface area contributed by atoms with Gasteiger partial charge >= 0.3 is 5.97 Å². The van der Waals surface area contributed by atoms with E-state index in [9.17, 15) is 14.9 Å². The number of hydrogen-bond acceptors (Lipinski definition) is 5. The van der Waals surface area contributed by atoms with Gasteiger partial charge in [0.15, 0.2) is 0 Å². The molecule has 2 aromatic carbocycles. The second-order valence-electron chi connectivity index (χ2n) is 5.70. The average Bonchev–Trinajstić information content (AvgIpc) is 2.96. The van der Waals surface area contributed by atoms with Crippen LogP contribution in [0.3, 0.4) is 0 Å². The van der Waals surface area contributed by atoms with Crippen molar-refractivity contribution in [2.75, 3.05) is 0 Å². The fourth-order valence-corrected chi connectivity index (χ4v) is 2.60. The van der Waals surface area contributed by atoms with E-state index in [4.69, 9.17) is 16.3 Å². The summed E-state index contributed by atoms with van der Waals surface area (Å²) in [6, 6.07) is 9.57.